The molecule has 0 bridgehead atoms. The van der Waals surface area contributed by atoms with Crippen molar-refractivity contribution in [3.63, 3.8) is 0 Å². The van der Waals surface area contributed by atoms with E-state index in [1.165, 1.54) is 11.1 Å². The molecule has 1 nitrogen and oxygen atoms in total. The molecule has 1 heteroatoms. The van der Waals surface area contributed by atoms with Crippen LogP contribution in [0.5, 0.6) is 0 Å². The topological polar surface area (TPSA) is 20.2 Å². The molecule has 0 saturated heterocycles. The van der Waals surface area contributed by atoms with Crippen LogP contribution in [0.1, 0.15) is 24.3 Å². The molecule has 1 fully saturated rings. The Balaban J connectivity index is 2.22. The molecule has 1 aliphatic rings. The number of hydrogen-bond acceptors (Lipinski definition) is 1. The molecule has 2 rings (SSSR count). The summed E-state index contributed by atoms with van der Waals surface area (Å²) >= 11 is 0. The van der Waals surface area contributed by atoms with Gasteiger partial charge in [-0.3, -0.25) is 0 Å². The Labute approximate surface area is 85.1 Å². The van der Waals surface area contributed by atoms with E-state index in [0.717, 1.165) is 12.8 Å². The van der Waals surface area contributed by atoms with Gasteiger partial charge in [0, 0.05) is 6.61 Å². The molecule has 1 unspecified atom stereocenters. The number of rotatable bonds is 2. The second kappa shape index (κ2) is 3.97. The van der Waals surface area contributed by atoms with Crippen LogP contribution in [0, 0.1) is 5.92 Å². The Morgan fingerprint density at radius 3 is 2.57 bits per heavy atom. The average molecular weight is 188 g/mol. The first-order chi connectivity index (χ1) is 6.81. The summed E-state index contributed by atoms with van der Waals surface area (Å²) in [5, 5.41) is 9.27. The molecule has 0 radical (unpaired) electrons. The Bertz CT molecular complexity index is 315. The molecular formula is C13H16O. The monoisotopic (exact) mass is 188 g/mol. The second-order valence-corrected chi connectivity index (χ2v) is 4.12. The third kappa shape index (κ3) is 1.73. The van der Waals surface area contributed by atoms with Crippen molar-refractivity contribution in [3.05, 3.63) is 48.0 Å². The van der Waals surface area contributed by atoms with Crippen LogP contribution >= 0.6 is 0 Å². The van der Waals surface area contributed by atoms with Gasteiger partial charge in [0.15, 0.2) is 0 Å². The fourth-order valence-electron chi connectivity index (χ4n) is 2.36. The first-order valence-corrected chi connectivity index (χ1v) is 5.13. The quantitative estimate of drug-likeness (QED) is 0.707. The van der Waals surface area contributed by atoms with Crippen LogP contribution < -0.4 is 0 Å². The highest BCUT2D eigenvalue weighted by molar-refractivity contribution is 5.26. The SMILES string of the molecule is C=C1CC(c2ccccc2)[C@@H](CO)C1. The highest BCUT2D eigenvalue weighted by atomic mass is 16.3. The lowest BCUT2D eigenvalue weighted by molar-refractivity contribution is 0.218. The van der Waals surface area contributed by atoms with E-state index in [1.54, 1.807) is 0 Å². The lowest BCUT2D eigenvalue weighted by Crippen LogP contribution is -2.10. The van der Waals surface area contributed by atoms with Crippen molar-refractivity contribution in [1.82, 2.24) is 0 Å². The van der Waals surface area contributed by atoms with Crippen LogP contribution in [0.3, 0.4) is 0 Å². The fourth-order valence-corrected chi connectivity index (χ4v) is 2.36. The molecule has 0 heterocycles. The van der Waals surface area contributed by atoms with Gasteiger partial charge < -0.3 is 5.11 Å². The maximum atomic E-state index is 9.27. The van der Waals surface area contributed by atoms with Gasteiger partial charge in [0.05, 0.1) is 0 Å². The number of benzene rings is 1. The molecule has 74 valence electrons. The minimum Gasteiger partial charge on any atom is -0.396 e. The van der Waals surface area contributed by atoms with Gasteiger partial charge >= 0.3 is 0 Å². The van der Waals surface area contributed by atoms with Crippen molar-refractivity contribution in [2.75, 3.05) is 6.61 Å². The van der Waals surface area contributed by atoms with Crippen LogP contribution in [-0.2, 0) is 0 Å². The van der Waals surface area contributed by atoms with Crippen molar-refractivity contribution in [3.8, 4) is 0 Å². The van der Waals surface area contributed by atoms with E-state index in [0.29, 0.717) is 11.8 Å². The maximum Gasteiger partial charge on any atom is 0.0468 e. The lowest BCUT2D eigenvalue weighted by atomic mass is 9.89. The Hall–Kier alpha value is -1.08. The minimum atomic E-state index is 0.276. The highest BCUT2D eigenvalue weighted by Gasteiger charge is 2.29. The summed E-state index contributed by atoms with van der Waals surface area (Å²) in [5.74, 6) is 0.860. The van der Waals surface area contributed by atoms with E-state index in [1.807, 2.05) is 6.07 Å². The first kappa shape index (κ1) is 9.47. The standard InChI is InChI=1S/C13H16O/c1-10-7-12(9-14)13(8-10)11-5-3-2-4-6-11/h2-6,12-14H,1,7-9H2/t12-,13?/m1/s1. The smallest absolute Gasteiger partial charge is 0.0468 e. The molecule has 1 saturated carbocycles. The summed E-state index contributed by atoms with van der Waals surface area (Å²) in [4.78, 5) is 0. The zero-order valence-electron chi connectivity index (χ0n) is 8.32. The Morgan fingerprint density at radius 2 is 1.93 bits per heavy atom. The molecule has 0 amide bonds. The average Bonchev–Trinajstić information content (AvgIpc) is 2.61. The summed E-state index contributed by atoms with van der Waals surface area (Å²) in [6.45, 7) is 4.29. The molecule has 1 aliphatic carbocycles. The number of allylic oxidation sites excluding steroid dienone is 1. The first-order valence-electron chi connectivity index (χ1n) is 5.13. The molecule has 14 heavy (non-hydrogen) atoms. The summed E-state index contributed by atoms with van der Waals surface area (Å²) in [7, 11) is 0. The Morgan fingerprint density at radius 1 is 1.21 bits per heavy atom. The fraction of sp³-hybridized carbons (Fsp3) is 0.385. The van der Waals surface area contributed by atoms with Gasteiger partial charge in [-0.25, -0.2) is 0 Å². The molecule has 1 N–H and O–H groups in total. The third-order valence-electron chi connectivity index (χ3n) is 3.09. The molecular weight excluding hydrogens is 172 g/mol. The van der Waals surface area contributed by atoms with Gasteiger partial charge in [-0.2, -0.15) is 0 Å². The summed E-state index contributed by atoms with van der Waals surface area (Å²) < 4.78 is 0. The van der Waals surface area contributed by atoms with Crippen LogP contribution in [0.2, 0.25) is 0 Å². The zero-order valence-corrected chi connectivity index (χ0v) is 8.32. The van der Waals surface area contributed by atoms with E-state index in [-0.39, 0.29) is 6.61 Å². The molecule has 2 atom stereocenters. The van der Waals surface area contributed by atoms with Crippen LogP contribution in [0.25, 0.3) is 0 Å². The predicted molar refractivity (Wildman–Crippen MR) is 58.1 cm³/mol. The van der Waals surface area contributed by atoms with E-state index < -0.39 is 0 Å². The number of aliphatic hydroxyl groups is 1. The van der Waals surface area contributed by atoms with E-state index in [4.69, 9.17) is 0 Å². The summed E-state index contributed by atoms with van der Waals surface area (Å²) in [5.41, 5.74) is 2.61. The van der Waals surface area contributed by atoms with Crippen molar-refractivity contribution < 1.29 is 5.11 Å². The van der Waals surface area contributed by atoms with Crippen LogP contribution in [0.15, 0.2) is 42.5 Å². The van der Waals surface area contributed by atoms with Gasteiger partial charge in [0.1, 0.15) is 0 Å². The van der Waals surface area contributed by atoms with Gasteiger partial charge in [0.25, 0.3) is 0 Å². The van der Waals surface area contributed by atoms with E-state index >= 15 is 0 Å². The normalized spacial score (nSPS) is 26.8. The second-order valence-electron chi connectivity index (χ2n) is 4.12. The largest absolute Gasteiger partial charge is 0.396 e. The van der Waals surface area contributed by atoms with Crippen LogP contribution in [-0.4, -0.2) is 11.7 Å². The molecule has 0 aliphatic heterocycles. The van der Waals surface area contributed by atoms with E-state index in [9.17, 15) is 5.11 Å². The van der Waals surface area contributed by atoms with Crippen molar-refractivity contribution in [2.45, 2.75) is 18.8 Å². The summed E-state index contributed by atoms with van der Waals surface area (Å²) in [6, 6.07) is 10.4. The van der Waals surface area contributed by atoms with Gasteiger partial charge in [-0.1, -0.05) is 42.5 Å². The minimum absolute atomic E-state index is 0.276. The molecule has 1 aromatic rings. The lowest BCUT2D eigenvalue weighted by Gasteiger charge is -2.16. The third-order valence-corrected chi connectivity index (χ3v) is 3.09. The molecule has 1 aromatic carbocycles. The van der Waals surface area contributed by atoms with E-state index in [2.05, 4.69) is 30.8 Å². The van der Waals surface area contributed by atoms with Crippen molar-refractivity contribution in [1.29, 1.82) is 0 Å². The predicted octanol–water partition coefficient (Wildman–Crippen LogP) is 2.73. The van der Waals surface area contributed by atoms with Crippen LogP contribution in [0.4, 0.5) is 0 Å². The van der Waals surface area contributed by atoms with Gasteiger partial charge in [-0.15, -0.1) is 0 Å². The highest BCUT2D eigenvalue weighted by Crippen LogP contribution is 2.41. The molecule has 0 spiro atoms. The Kier molecular flexibility index (Phi) is 2.69. The summed E-state index contributed by atoms with van der Waals surface area (Å²) in [6.07, 6.45) is 2.02. The van der Waals surface area contributed by atoms with Crippen molar-refractivity contribution >= 4 is 0 Å². The number of hydrogen-bond donors (Lipinski definition) is 1. The maximum absolute atomic E-state index is 9.27. The zero-order chi connectivity index (χ0) is 9.97. The number of aliphatic hydroxyl groups excluding tert-OH is 1. The van der Waals surface area contributed by atoms with Gasteiger partial charge in [-0.05, 0) is 30.2 Å². The van der Waals surface area contributed by atoms with Gasteiger partial charge in [0.2, 0.25) is 0 Å². The molecule has 0 aromatic heterocycles. The van der Waals surface area contributed by atoms with Crippen molar-refractivity contribution in [2.24, 2.45) is 5.92 Å².